The summed E-state index contributed by atoms with van der Waals surface area (Å²) in [5.74, 6) is -0.0242. The maximum absolute atomic E-state index is 12.3. The van der Waals surface area contributed by atoms with Gasteiger partial charge in [0.15, 0.2) is 4.34 Å². The number of hydrogen-bond donors (Lipinski definition) is 2. The van der Waals surface area contributed by atoms with Crippen LogP contribution in [0.25, 0.3) is 0 Å². The van der Waals surface area contributed by atoms with Crippen LogP contribution < -0.4 is 10.6 Å². The molecule has 3 rings (SSSR count). The minimum atomic E-state index is -0.217. The van der Waals surface area contributed by atoms with Crippen molar-refractivity contribution in [2.24, 2.45) is 0 Å². The summed E-state index contributed by atoms with van der Waals surface area (Å²) < 4.78 is 6.11. The number of benzene rings is 1. The zero-order valence-corrected chi connectivity index (χ0v) is 16.0. The number of rotatable bonds is 7. The van der Waals surface area contributed by atoms with Crippen LogP contribution >= 0.6 is 23.1 Å². The lowest BCUT2D eigenvalue weighted by Gasteiger charge is -2.09. The molecule has 1 aliphatic heterocycles. The molecule has 138 valence electrons. The molecule has 2 heterocycles. The van der Waals surface area contributed by atoms with Gasteiger partial charge in [0, 0.05) is 18.7 Å². The second-order valence-electron chi connectivity index (χ2n) is 5.87. The summed E-state index contributed by atoms with van der Waals surface area (Å²) in [7, 11) is 0. The fourth-order valence-electron chi connectivity index (χ4n) is 2.52. The largest absolute Gasteiger partial charge is 0.376 e. The molecule has 2 aromatic rings. The van der Waals surface area contributed by atoms with E-state index in [1.807, 2.05) is 25.1 Å². The van der Waals surface area contributed by atoms with E-state index >= 15 is 0 Å². The normalized spacial score (nSPS) is 16.4. The Morgan fingerprint density at radius 1 is 1.35 bits per heavy atom. The average Bonchev–Trinajstić information content (AvgIpc) is 3.30. The Morgan fingerprint density at radius 3 is 2.96 bits per heavy atom. The molecule has 0 unspecified atom stereocenters. The molecule has 1 atom stereocenters. The van der Waals surface area contributed by atoms with Gasteiger partial charge >= 0.3 is 0 Å². The number of nitrogens with zero attached hydrogens (tertiary/aromatic N) is 2. The van der Waals surface area contributed by atoms with Crippen LogP contribution in [-0.2, 0) is 9.53 Å². The molecule has 7 nitrogen and oxygen atoms in total. The van der Waals surface area contributed by atoms with Crippen molar-refractivity contribution in [3.63, 3.8) is 0 Å². The highest BCUT2D eigenvalue weighted by Crippen LogP contribution is 2.25. The second-order valence-corrected chi connectivity index (χ2v) is 8.07. The maximum Gasteiger partial charge on any atom is 0.257 e. The minimum Gasteiger partial charge on any atom is -0.376 e. The number of anilines is 1. The Balaban J connectivity index is 1.44. The van der Waals surface area contributed by atoms with E-state index in [1.54, 1.807) is 6.07 Å². The van der Waals surface area contributed by atoms with Crippen LogP contribution in [0.15, 0.2) is 28.6 Å². The van der Waals surface area contributed by atoms with E-state index in [1.165, 1.54) is 23.1 Å². The predicted molar refractivity (Wildman–Crippen MR) is 102 cm³/mol. The Bertz CT molecular complexity index is 775. The molecule has 1 aromatic heterocycles. The van der Waals surface area contributed by atoms with Gasteiger partial charge in [-0.2, -0.15) is 0 Å². The van der Waals surface area contributed by atoms with E-state index in [9.17, 15) is 9.59 Å². The topological polar surface area (TPSA) is 93.2 Å². The fourth-order valence-corrected chi connectivity index (χ4v) is 4.10. The van der Waals surface area contributed by atoms with Crippen molar-refractivity contribution in [1.82, 2.24) is 15.5 Å². The number of thioether (sulfide) groups is 1. The monoisotopic (exact) mass is 392 g/mol. The first-order valence-corrected chi connectivity index (χ1v) is 10.1. The lowest BCUT2D eigenvalue weighted by Crippen LogP contribution is -2.32. The molecular formula is C17H20N4O3S2. The van der Waals surface area contributed by atoms with E-state index in [-0.39, 0.29) is 23.7 Å². The van der Waals surface area contributed by atoms with Crippen molar-refractivity contribution in [2.45, 2.75) is 30.2 Å². The first-order valence-electron chi connectivity index (χ1n) is 8.33. The molecule has 1 aliphatic rings. The van der Waals surface area contributed by atoms with Gasteiger partial charge in [-0.15, -0.1) is 10.2 Å². The highest BCUT2D eigenvalue weighted by atomic mass is 32.2. The van der Waals surface area contributed by atoms with E-state index in [4.69, 9.17) is 4.74 Å². The van der Waals surface area contributed by atoms with E-state index in [0.717, 1.165) is 25.0 Å². The number of aryl methyl sites for hydroxylation is 1. The molecule has 2 amide bonds. The molecule has 0 spiro atoms. The first-order chi connectivity index (χ1) is 12.6. The Kier molecular flexibility index (Phi) is 6.59. The van der Waals surface area contributed by atoms with Crippen LogP contribution in [0.4, 0.5) is 5.13 Å². The third kappa shape index (κ3) is 5.26. The Labute approximate surface area is 159 Å². The van der Waals surface area contributed by atoms with Crippen LogP contribution in [0.1, 0.15) is 28.8 Å². The Hall–Kier alpha value is -1.97. The third-order valence-corrected chi connectivity index (χ3v) is 5.87. The van der Waals surface area contributed by atoms with Gasteiger partial charge in [-0.05, 0) is 31.4 Å². The summed E-state index contributed by atoms with van der Waals surface area (Å²) in [6.07, 6.45) is 2.18. The molecule has 1 fully saturated rings. The van der Waals surface area contributed by atoms with Crippen molar-refractivity contribution >= 4 is 40.0 Å². The van der Waals surface area contributed by atoms with E-state index in [2.05, 4.69) is 20.8 Å². The van der Waals surface area contributed by atoms with Crippen molar-refractivity contribution in [2.75, 3.05) is 24.2 Å². The van der Waals surface area contributed by atoms with Crippen LogP contribution in [0.5, 0.6) is 0 Å². The Morgan fingerprint density at radius 2 is 2.19 bits per heavy atom. The van der Waals surface area contributed by atoms with Gasteiger partial charge in [0.2, 0.25) is 11.0 Å². The summed E-state index contributed by atoms with van der Waals surface area (Å²) in [6.45, 7) is 3.20. The fraction of sp³-hybridized carbons (Fsp3) is 0.412. The van der Waals surface area contributed by atoms with Gasteiger partial charge in [0.1, 0.15) is 0 Å². The van der Waals surface area contributed by atoms with Crippen LogP contribution in [0, 0.1) is 6.92 Å². The number of nitrogens with one attached hydrogen (secondary N) is 2. The molecule has 1 aromatic carbocycles. The number of carbonyl (C=O) groups is 2. The van der Waals surface area contributed by atoms with Gasteiger partial charge in [0.25, 0.3) is 5.91 Å². The molecule has 1 saturated heterocycles. The van der Waals surface area contributed by atoms with Gasteiger partial charge in [0.05, 0.1) is 11.9 Å². The zero-order chi connectivity index (χ0) is 18.4. The van der Waals surface area contributed by atoms with Gasteiger partial charge in [-0.1, -0.05) is 41.3 Å². The average molecular weight is 393 g/mol. The molecule has 0 bridgehead atoms. The van der Waals surface area contributed by atoms with Crippen LogP contribution in [-0.4, -0.2) is 47.0 Å². The maximum atomic E-state index is 12.3. The van der Waals surface area contributed by atoms with Gasteiger partial charge in [-0.25, -0.2) is 0 Å². The molecule has 2 N–H and O–H groups in total. The summed E-state index contributed by atoms with van der Waals surface area (Å²) in [4.78, 5) is 24.1. The lowest BCUT2D eigenvalue weighted by atomic mass is 10.1. The lowest BCUT2D eigenvalue weighted by molar-refractivity contribution is -0.119. The van der Waals surface area contributed by atoms with Crippen LogP contribution in [0.2, 0.25) is 0 Å². The predicted octanol–water partition coefficient (Wildman–Crippen LogP) is 2.49. The SMILES string of the molecule is Cc1ccccc1C(=O)Nc1nnc(SCC(=O)NC[C@H]2CCCO2)s1. The summed E-state index contributed by atoms with van der Waals surface area (Å²) >= 11 is 2.55. The van der Waals surface area contributed by atoms with Crippen molar-refractivity contribution in [3.05, 3.63) is 35.4 Å². The first kappa shape index (κ1) is 18.8. The summed E-state index contributed by atoms with van der Waals surface area (Å²) in [6, 6.07) is 7.35. The number of hydrogen-bond acceptors (Lipinski definition) is 7. The van der Waals surface area contributed by atoms with Gasteiger partial charge < -0.3 is 10.1 Å². The second kappa shape index (κ2) is 9.11. The summed E-state index contributed by atoms with van der Waals surface area (Å²) in [5, 5.41) is 14.0. The molecule has 26 heavy (non-hydrogen) atoms. The number of ether oxygens (including phenoxy) is 1. The minimum absolute atomic E-state index is 0.0637. The molecule has 9 heteroatoms. The zero-order valence-electron chi connectivity index (χ0n) is 14.4. The quantitative estimate of drug-likeness (QED) is 0.555. The molecule has 0 radical (unpaired) electrons. The van der Waals surface area contributed by atoms with Crippen molar-refractivity contribution in [3.8, 4) is 0 Å². The highest BCUT2D eigenvalue weighted by Gasteiger charge is 2.17. The molecule has 0 aliphatic carbocycles. The van der Waals surface area contributed by atoms with Gasteiger partial charge in [-0.3, -0.25) is 14.9 Å². The van der Waals surface area contributed by atoms with Crippen LogP contribution in [0.3, 0.4) is 0 Å². The van der Waals surface area contributed by atoms with E-state index in [0.29, 0.717) is 21.6 Å². The molecule has 0 saturated carbocycles. The third-order valence-electron chi connectivity index (χ3n) is 3.89. The molecular weight excluding hydrogens is 372 g/mol. The smallest absolute Gasteiger partial charge is 0.257 e. The van der Waals surface area contributed by atoms with E-state index < -0.39 is 0 Å². The number of carbonyl (C=O) groups excluding carboxylic acids is 2. The van der Waals surface area contributed by atoms with Crippen molar-refractivity contribution < 1.29 is 14.3 Å². The summed E-state index contributed by atoms with van der Waals surface area (Å²) in [5.41, 5.74) is 1.50. The highest BCUT2D eigenvalue weighted by molar-refractivity contribution is 8.01. The number of aromatic nitrogens is 2. The standard InChI is InChI=1S/C17H20N4O3S2/c1-11-5-2-3-7-13(11)15(23)19-16-20-21-17(26-16)25-10-14(22)18-9-12-6-4-8-24-12/h2-3,5,7,12H,4,6,8-10H2,1H3,(H,18,22)(H,19,20,23)/t12-/m1/s1. The van der Waals surface area contributed by atoms with Crippen molar-refractivity contribution in [1.29, 1.82) is 0 Å². The number of amides is 2.